The quantitative estimate of drug-likeness (QED) is 0.191. The fourth-order valence-corrected chi connectivity index (χ4v) is 3.67. The molecule has 0 radical (unpaired) electrons. The van der Waals surface area contributed by atoms with Crippen molar-refractivity contribution in [2.24, 2.45) is 5.10 Å². The lowest BCUT2D eigenvalue weighted by atomic mass is 10.1. The molecule has 0 bridgehead atoms. The van der Waals surface area contributed by atoms with Crippen molar-refractivity contribution in [1.82, 2.24) is 5.43 Å². The summed E-state index contributed by atoms with van der Waals surface area (Å²) in [5, 5.41) is 3.96. The highest BCUT2D eigenvalue weighted by Gasteiger charge is 2.16. The number of amides is 1. The number of rotatable bonds is 8. The second-order valence-corrected chi connectivity index (χ2v) is 8.55. The van der Waals surface area contributed by atoms with E-state index in [1.165, 1.54) is 13.3 Å². The molecule has 0 atom stereocenters. The Labute approximate surface area is 206 Å². The third kappa shape index (κ3) is 6.92. The number of benzene rings is 3. The lowest BCUT2D eigenvalue weighted by molar-refractivity contribution is -0.123. The van der Waals surface area contributed by atoms with E-state index in [1.807, 2.05) is 51.1 Å². The van der Waals surface area contributed by atoms with Crippen LogP contribution in [0.2, 0.25) is 0 Å². The summed E-state index contributed by atoms with van der Waals surface area (Å²) in [6, 6.07) is 16.2. The van der Waals surface area contributed by atoms with Gasteiger partial charge in [-0.3, -0.25) is 4.79 Å². The molecule has 3 rings (SSSR count). The van der Waals surface area contributed by atoms with Crippen LogP contribution in [0.3, 0.4) is 0 Å². The summed E-state index contributed by atoms with van der Waals surface area (Å²) in [7, 11) is 1.47. The van der Waals surface area contributed by atoms with E-state index in [9.17, 15) is 9.59 Å². The van der Waals surface area contributed by atoms with Crippen molar-refractivity contribution < 1.29 is 23.8 Å². The summed E-state index contributed by atoms with van der Waals surface area (Å²) < 4.78 is 16.9. The van der Waals surface area contributed by atoms with Gasteiger partial charge < -0.3 is 14.2 Å². The summed E-state index contributed by atoms with van der Waals surface area (Å²) in [5.41, 5.74) is 6.63. The molecule has 176 valence electrons. The zero-order valence-corrected chi connectivity index (χ0v) is 20.9. The average molecular weight is 525 g/mol. The van der Waals surface area contributed by atoms with E-state index in [4.69, 9.17) is 14.2 Å². The highest BCUT2D eigenvalue weighted by molar-refractivity contribution is 9.10. The molecule has 0 unspecified atom stereocenters. The van der Waals surface area contributed by atoms with E-state index in [0.29, 0.717) is 27.1 Å². The van der Waals surface area contributed by atoms with Gasteiger partial charge in [-0.15, -0.1) is 0 Å². The second kappa shape index (κ2) is 11.5. The minimum Gasteiger partial charge on any atom is -0.493 e. The lowest BCUT2D eigenvalue weighted by Gasteiger charge is -2.12. The molecule has 0 spiro atoms. The predicted molar refractivity (Wildman–Crippen MR) is 134 cm³/mol. The first-order valence-electron chi connectivity index (χ1n) is 10.4. The van der Waals surface area contributed by atoms with Crippen molar-refractivity contribution in [3.8, 4) is 17.2 Å². The van der Waals surface area contributed by atoms with Gasteiger partial charge in [-0.25, -0.2) is 10.2 Å². The van der Waals surface area contributed by atoms with Crippen LogP contribution >= 0.6 is 15.9 Å². The van der Waals surface area contributed by atoms with Crippen molar-refractivity contribution in [3.63, 3.8) is 0 Å². The van der Waals surface area contributed by atoms with Crippen LogP contribution in [-0.4, -0.2) is 31.8 Å². The van der Waals surface area contributed by atoms with Gasteiger partial charge in [0.1, 0.15) is 5.75 Å². The van der Waals surface area contributed by atoms with Gasteiger partial charge in [-0.05, 0) is 89.8 Å². The van der Waals surface area contributed by atoms with E-state index in [0.717, 1.165) is 16.7 Å². The van der Waals surface area contributed by atoms with Gasteiger partial charge in [0.15, 0.2) is 18.1 Å². The van der Waals surface area contributed by atoms with Crippen LogP contribution in [0.25, 0.3) is 0 Å². The Morgan fingerprint density at radius 1 is 0.971 bits per heavy atom. The molecule has 0 aromatic heterocycles. The average Bonchev–Trinajstić information content (AvgIpc) is 2.79. The molecular weight excluding hydrogens is 500 g/mol. The van der Waals surface area contributed by atoms with Crippen LogP contribution in [0.1, 0.15) is 32.6 Å². The van der Waals surface area contributed by atoms with Crippen LogP contribution in [-0.2, 0) is 4.79 Å². The van der Waals surface area contributed by atoms with Crippen LogP contribution in [0.4, 0.5) is 0 Å². The summed E-state index contributed by atoms with van der Waals surface area (Å²) in [5.74, 6) is 0.305. The first-order valence-corrected chi connectivity index (χ1v) is 11.2. The molecule has 0 saturated carbocycles. The Hall–Kier alpha value is -3.65. The summed E-state index contributed by atoms with van der Waals surface area (Å²) in [4.78, 5) is 24.6. The SMILES string of the molecule is COc1cc(/C=N\NC(=O)COc2cc(C)cc(C)c2)cc(Br)c1OC(=O)c1ccc(C)cc1. The zero-order valence-electron chi connectivity index (χ0n) is 19.3. The van der Waals surface area contributed by atoms with Gasteiger partial charge in [-0.1, -0.05) is 23.8 Å². The number of hydrazone groups is 1. The Morgan fingerprint density at radius 2 is 1.65 bits per heavy atom. The molecular formula is C26H25BrN2O5. The third-order valence-corrected chi connectivity index (χ3v) is 5.29. The summed E-state index contributed by atoms with van der Waals surface area (Å²) >= 11 is 3.41. The highest BCUT2D eigenvalue weighted by atomic mass is 79.9. The summed E-state index contributed by atoms with van der Waals surface area (Å²) in [6.07, 6.45) is 1.45. The van der Waals surface area contributed by atoms with Gasteiger partial charge >= 0.3 is 5.97 Å². The molecule has 8 heteroatoms. The molecule has 34 heavy (non-hydrogen) atoms. The monoisotopic (exact) mass is 524 g/mol. The number of nitrogens with zero attached hydrogens (tertiary/aromatic N) is 1. The molecule has 0 aliphatic heterocycles. The fraction of sp³-hybridized carbons (Fsp3) is 0.192. The molecule has 0 aliphatic carbocycles. The Bertz CT molecular complexity index is 1200. The third-order valence-electron chi connectivity index (χ3n) is 4.70. The molecule has 0 aliphatic rings. The standard InChI is InChI=1S/C26H25BrN2O5/c1-16-5-7-20(8-6-16)26(31)34-25-22(27)12-19(13-23(25)32-4)14-28-29-24(30)15-33-21-10-17(2)9-18(3)11-21/h5-14H,15H2,1-4H3,(H,29,30)/b28-14-. The Kier molecular flexibility index (Phi) is 8.43. The molecule has 3 aromatic carbocycles. The number of hydrogen-bond acceptors (Lipinski definition) is 6. The summed E-state index contributed by atoms with van der Waals surface area (Å²) in [6.45, 7) is 5.70. The zero-order chi connectivity index (χ0) is 24.7. The fourth-order valence-electron chi connectivity index (χ4n) is 3.13. The van der Waals surface area contributed by atoms with Crippen LogP contribution < -0.4 is 19.6 Å². The Morgan fingerprint density at radius 3 is 2.29 bits per heavy atom. The molecule has 0 heterocycles. The normalized spacial score (nSPS) is 10.7. The maximum absolute atomic E-state index is 12.5. The number of nitrogens with one attached hydrogen (secondary N) is 1. The van der Waals surface area contributed by atoms with Gasteiger partial charge in [0.2, 0.25) is 0 Å². The number of carbonyl (C=O) groups excluding carboxylic acids is 2. The van der Waals surface area contributed by atoms with E-state index in [1.54, 1.807) is 24.3 Å². The van der Waals surface area contributed by atoms with Gasteiger partial charge in [0.05, 0.1) is 23.4 Å². The number of aryl methyl sites for hydroxylation is 3. The molecule has 1 N–H and O–H groups in total. The number of hydrogen-bond donors (Lipinski definition) is 1. The first kappa shape index (κ1) is 25.0. The molecule has 0 saturated heterocycles. The highest BCUT2D eigenvalue weighted by Crippen LogP contribution is 2.36. The van der Waals surface area contributed by atoms with Crippen molar-refractivity contribution in [1.29, 1.82) is 0 Å². The number of ether oxygens (including phenoxy) is 3. The molecule has 7 nitrogen and oxygen atoms in total. The number of halogens is 1. The minimum atomic E-state index is -0.503. The van der Waals surface area contributed by atoms with E-state index >= 15 is 0 Å². The number of esters is 1. The van der Waals surface area contributed by atoms with Gasteiger partial charge in [0, 0.05) is 0 Å². The predicted octanol–water partition coefficient (Wildman–Crippen LogP) is 5.13. The topological polar surface area (TPSA) is 86.2 Å². The van der Waals surface area contributed by atoms with E-state index in [2.05, 4.69) is 26.5 Å². The van der Waals surface area contributed by atoms with Crippen LogP contribution in [0, 0.1) is 20.8 Å². The van der Waals surface area contributed by atoms with E-state index < -0.39 is 11.9 Å². The molecule has 0 fully saturated rings. The minimum absolute atomic E-state index is 0.166. The van der Waals surface area contributed by atoms with Gasteiger partial charge in [-0.2, -0.15) is 5.10 Å². The molecule has 1 amide bonds. The largest absolute Gasteiger partial charge is 0.493 e. The van der Waals surface area contributed by atoms with Crippen molar-refractivity contribution in [3.05, 3.63) is 86.9 Å². The first-order chi connectivity index (χ1) is 16.2. The smallest absolute Gasteiger partial charge is 0.343 e. The maximum Gasteiger partial charge on any atom is 0.343 e. The number of methoxy groups -OCH3 is 1. The lowest BCUT2D eigenvalue weighted by Crippen LogP contribution is -2.24. The van der Waals surface area contributed by atoms with Crippen LogP contribution in [0.15, 0.2) is 64.2 Å². The van der Waals surface area contributed by atoms with Crippen molar-refractivity contribution >= 4 is 34.0 Å². The maximum atomic E-state index is 12.5. The van der Waals surface area contributed by atoms with E-state index in [-0.39, 0.29) is 12.4 Å². The van der Waals surface area contributed by atoms with Gasteiger partial charge in [0.25, 0.3) is 5.91 Å². The van der Waals surface area contributed by atoms with Crippen LogP contribution in [0.5, 0.6) is 17.2 Å². The number of carbonyl (C=O) groups is 2. The van der Waals surface area contributed by atoms with Crippen molar-refractivity contribution in [2.75, 3.05) is 13.7 Å². The molecule has 3 aromatic rings. The second-order valence-electron chi connectivity index (χ2n) is 7.69. The Balaban J connectivity index is 1.62. The van der Waals surface area contributed by atoms with Crippen molar-refractivity contribution in [2.45, 2.75) is 20.8 Å².